The van der Waals surface area contributed by atoms with Crippen LogP contribution in [0, 0.1) is 35.5 Å². The van der Waals surface area contributed by atoms with Gasteiger partial charge in [0, 0.05) is 0 Å². The fourth-order valence-corrected chi connectivity index (χ4v) is 3.40. The summed E-state index contributed by atoms with van der Waals surface area (Å²) in [5, 5.41) is 0. The van der Waals surface area contributed by atoms with E-state index in [1.807, 2.05) is 0 Å². The predicted octanol–water partition coefficient (Wildman–Crippen LogP) is 2.88. The first-order valence-electron chi connectivity index (χ1n) is 5.15. The van der Waals surface area contributed by atoms with Crippen molar-refractivity contribution in [3.05, 3.63) is 24.3 Å². The van der Waals surface area contributed by atoms with Crippen molar-refractivity contribution in [1.29, 1.82) is 0 Å². The van der Waals surface area contributed by atoms with Crippen molar-refractivity contribution in [3.63, 3.8) is 0 Å². The average molecular weight is 160 g/mol. The topological polar surface area (TPSA) is 0 Å². The van der Waals surface area contributed by atoms with Crippen LogP contribution in [0.3, 0.4) is 0 Å². The van der Waals surface area contributed by atoms with Gasteiger partial charge in [0.1, 0.15) is 0 Å². The normalized spacial score (nSPS) is 59.8. The fraction of sp³-hybridized carbons (Fsp3) is 0.667. The molecule has 4 aliphatic rings. The van der Waals surface area contributed by atoms with Crippen LogP contribution in [0.4, 0.5) is 0 Å². The van der Waals surface area contributed by atoms with Crippen molar-refractivity contribution in [2.45, 2.75) is 13.8 Å². The summed E-state index contributed by atoms with van der Waals surface area (Å²) in [4.78, 5) is 0. The van der Waals surface area contributed by atoms with E-state index in [1.165, 1.54) is 0 Å². The van der Waals surface area contributed by atoms with Gasteiger partial charge in [-0.3, -0.25) is 0 Å². The summed E-state index contributed by atoms with van der Waals surface area (Å²) in [6, 6.07) is 0. The lowest BCUT2D eigenvalue weighted by molar-refractivity contribution is 0.0557. The first kappa shape index (κ1) is 6.94. The molecule has 1 saturated carbocycles. The van der Waals surface area contributed by atoms with Crippen LogP contribution in [0.15, 0.2) is 24.3 Å². The van der Waals surface area contributed by atoms with Crippen molar-refractivity contribution in [2.24, 2.45) is 35.5 Å². The average Bonchev–Trinajstić information content (AvgIpc) is 2.00. The van der Waals surface area contributed by atoms with E-state index in [4.69, 9.17) is 0 Å². The van der Waals surface area contributed by atoms with Crippen LogP contribution in [0.1, 0.15) is 13.8 Å². The minimum Gasteiger partial charge on any atom is -0.0842 e. The molecule has 0 saturated heterocycles. The van der Waals surface area contributed by atoms with Gasteiger partial charge < -0.3 is 0 Å². The third-order valence-corrected chi connectivity index (χ3v) is 4.49. The van der Waals surface area contributed by atoms with Crippen LogP contribution in [0.2, 0.25) is 0 Å². The highest BCUT2D eigenvalue weighted by atomic mass is 14.5. The maximum atomic E-state index is 2.47. The molecule has 4 rings (SSSR count). The molecule has 0 aliphatic heterocycles. The van der Waals surface area contributed by atoms with E-state index in [1.54, 1.807) is 0 Å². The zero-order chi connectivity index (χ0) is 8.29. The van der Waals surface area contributed by atoms with Crippen LogP contribution in [0.5, 0.6) is 0 Å². The molecule has 0 nitrogen and oxygen atoms in total. The molecule has 2 bridgehead atoms. The highest BCUT2D eigenvalue weighted by Gasteiger charge is 2.48. The van der Waals surface area contributed by atoms with Gasteiger partial charge in [-0.1, -0.05) is 38.2 Å². The number of fused-ring (bicyclic) bond motifs is 1. The third kappa shape index (κ3) is 0.608. The molecule has 4 aliphatic carbocycles. The first-order valence-corrected chi connectivity index (χ1v) is 5.15. The maximum Gasteiger partial charge on any atom is -0.00990 e. The molecule has 0 heterocycles. The fourth-order valence-electron chi connectivity index (χ4n) is 3.40. The van der Waals surface area contributed by atoms with E-state index in [2.05, 4.69) is 38.2 Å². The summed E-state index contributed by atoms with van der Waals surface area (Å²) in [6.45, 7) is 4.85. The second kappa shape index (κ2) is 2.04. The molecule has 0 N–H and O–H groups in total. The van der Waals surface area contributed by atoms with Gasteiger partial charge in [0.2, 0.25) is 0 Å². The van der Waals surface area contributed by atoms with E-state index < -0.39 is 0 Å². The number of hydrogen-bond acceptors (Lipinski definition) is 0. The zero-order valence-corrected chi connectivity index (χ0v) is 7.77. The predicted molar refractivity (Wildman–Crippen MR) is 50.6 cm³/mol. The minimum atomic E-state index is 0.861. The third-order valence-electron chi connectivity index (χ3n) is 4.49. The second-order valence-electron chi connectivity index (χ2n) is 4.80. The Morgan fingerprint density at radius 1 is 0.583 bits per heavy atom. The SMILES string of the molecule is C[C@@H]1[C@@H](C)[C@@H]2C=C[C@@H]1[C@H]1C=C[C@@H]12. The second-order valence-corrected chi connectivity index (χ2v) is 4.80. The Morgan fingerprint density at radius 3 is 1.25 bits per heavy atom. The van der Waals surface area contributed by atoms with Crippen molar-refractivity contribution in [2.75, 3.05) is 0 Å². The van der Waals surface area contributed by atoms with Gasteiger partial charge in [-0.05, 0) is 35.5 Å². The van der Waals surface area contributed by atoms with E-state index >= 15 is 0 Å². The summed E-state index contributed by atoms with van der Waals surface area (Å²) < 4.78 is 0. The smallest absolute Gasteiger partial charge is 0.00990 e. The van der Waals surface area contributed by atoms with Gasteiger partial charge in [0.05, 0.1) is 0 Å². The highest BCUT2D eigenvalue weighted by molar-refractivity contribution is 5.26. The van der Waals surface area contributed by atoms with E-state index in [9.17, 15) is 0 Å². The van der Waals surface area contributed by atoms with Crippen LogP contribution in [-0.4, -0.2) is 0 Å². The zero-order valence-electron chi connectivity index (χ0n) is 7.77. The van der Waals surface area contributed by atoms with Crippen molar-refractivity contribution in [1.82, 2.24) is 0 Å². The molecule has 12 heavy (non-hydrogen) atoms. The van der Waals surface area contributed by atoms with Gasteiger partial charge in [0.15, 0.2) is 0 Å². The number of rotatable bonds is 0. The molecule has 0 aromatic rings. The largest absolute Gasteiger partial charge is 0.0842 e. The maximum absolute atomic E-state index is 2.47. The lowest BCUT2D eigenvalue weighted by Crippen LogP contribution is -2.48. The molecule has 0 spiro atoms. The Morgan fingerprint density at radius 2 is 0.917 bits per heavy atom. The van der Waals surface area contributed by atoms with E-state index in [0.29, 0.717) is 0 Å². The monoisotopic (exact) mass is 160 g/mol. The molecule has 64 valence electrons. The highest BCUT2D eigenvalue weighted by Crippen LogP contribution is 2.55. The Labute approximate surface area is 74.4 Å². The molecule has 0 unspecified atom stereocenters. The standard InChI is InChI=1S/C12H16/c1-7-8(2)10-4-3-9(7)11-5-6-12(10)11/h3-12H,1-2H3/t7-,8-,9+,10+,11-,12-/m1/s1. The Hall–Kier alpha value is -0.520. The van der Waals surface area contributed by atoms with Crippen LogP contribution >= 0.6 is 0 Å². The summed E-state index contributed by atoms with van der Waals surface area (Å²) in [6.07, 6.45) is 9.79. The van der Waals surface area contributed by atoms with Crippen molar-refractivity contribution in [3.8, 4) is 0 Å². The summed E-state index contributed by atoms with van der Waals surface area (Å²) in [5.41, 5.74) is 0. The van der Waals surface area contributed by atoms with Crippen LogP contribution < -0.4 is 0 Å². The Balaban J connectivity index is 2.04. The van der Waals surface area contributed by atoms with Gasteiger partial charge in [0.25, 0.3) is 0 Å². The van der Waals surface area contributed by atoms with Crippen molar-refractivity contribution >= 4 is 0 Å². The molecule has 0 amide bonds. The quantitative estimate of drug-likeness (QED) is 0.478. The van der Waals surface area contributed by atoms with Crippen LogP contribution in [0.25, 0.3) is 0 Å². The lowest BCUT2D eigenvalue weighted by atomic mass is 9.50. The molecule has 0 heteroatoms. The molecular formula is C12H16. The van der Waals surface area contributed by atoms with Crippen molar-refractivity contribution < 1.29 is 0 Å². The molecule has 0 aromatic carbocycles. The molecule has 6 atom stereocenters. The van der Waals surface area contributed by atoms with E-state index in [0.717, 1.165) is 35.5 Å². The van der Waals surface area contributed by atoms with Gasteiger partial charge >= 0.3 is 0 Å². The molecule has 1 fully saturated rings. The Kier molecular flexibility index (Phi) is 1.18. The number of hydrogen-bond donors (Lipinski definition) is 0. The first-order chi connectivity index (χ1) is 5.79. The van der Waals surface area contributed by atoms with Gasteiger partial charge in [-0.25, -0.2) is 0 Å². The van der Waals surface area contributed by atoms with Gasteiger partial charge in [-0.2, -0.15) is 0 Å². The Bertz CT molecular complexity index is 235. The van der Waals surface area contributed by atoms with E-state index in [-0.39, 0.29) is 0 Å². The van der Waals surface area contributed by atoms with Crippen LogP contribution in [-0.2, 0) is 0 Å². The molecule has 0 radical (unpaired) electrons. The number of allylic oxidation sites excluding steroid dienone is 4. The molecular weight excluding hydrogens is 144 g/mol. The lowest BCUT2D eigenvalue weighted by Gasteiger charge is -2.54. The minimum absolute atomic E-state index is 0.861. The summed E-state index contributed by atoms with van der Waals surface area (Å²) in [7, 11) is 0. The summed E-state index contributed by atoms with van der Waals surface area (Å²) >= 11 is 0. The molecule has 0 aromatic heterocycles. The van der Waals surface area contributed by atoms with Gasteiger partial charge in [-0.15, -0.1) is 0 Å². The summed E-state index contributed by atoms with van der Waals surface area (Å²) in [5.74, 6) is 5.36.